The Bertz CT molecular complexity index is 641. The first-order valence-corrected chi connectivity index (χ1v) is 6.81. The van der Waals surface area contributed by atoms with Crippen LogP contribution < -0.4 is 5.56 Å². The fourth-order valence-corrected chi connectivity index (χ4v) is 2.75. The molecule has 0 aliphatic rings. The number of aromatic nitrogens is 2. The lowest BCUT2D eigenvalue weighted by Crippen LogP contribution is -2.20. The highest BCUT2D eigenvalue weighted by atomic mass is 79.9. The molecule has 0 bridgehead atoms. The summed E-state index contributed by atoms with van der Waals surface area (Å²) in [5, 5.41) is 0.928. The zero-order chi connectivity index (χ0) is 12.6. The van der Waals surface area contributed by atoms with E-state index in [1.54, 1.807) is 7.05 Å². The fourth-order valence-electron chi connectivity index (χ4n) is 1.54. The van der Waals surface area contributed by atoms with E-state index in [1.165, 1.54) is 28.5 Å². The molecule has 2 rings (SSSR count). The van der Waals surface area contributed by atoms with Gasteiger partial charge in [-0.1, -0.05) is 18.7 Å². The van der Waals surface area contributed by atoms with Crippen molar-refractivity contribution in [1.29, 1.82) is 0 Å². The number of fused-ring (bicyclic) bond motifs is 1. The van der Waals surface area contributed by atoms with Gasteiger partial charge >= 0.3 is 0 Å². The van der Waals surface area contributed by atoms with Gasteiger partial charge in [-0.25, -0.2) is 9.37 Å². The molecule has 1 heterocycles. The largest absolute Gasteiger partial charge is 0.290 e. The second-order valence-corrected chi connectivity index (χ2v) is 5.56. The van der Waals surface area contributed by atoms with Crippen LogP contribution in [0.15, 0.2) is 26.6 Å². The Morgan fingerprint density at radius 1 is 1.53 bits per heavy atom. The number of nitrogens with zero attached hydrogens (tertiary/aromatic N) is 2. The summed E-state index contributed by atoms with van der Waals surface area (Å²) < 4.78 is 15.2. The highest BCUT2D eigenvalue weighted by molar-refractivity contribution is 9.10. The van der Waals surface area contributed by atoms with Crippen molar-refractivity contribution in [3.63, 3.8) is 0 Å². The smallest absolute Gasteiger partial charge is 0.261 e. The Kier molecular flexibility index (Phi) is 3.53. The number of benzene rings is 1. The molecule has 0 N–H and O–H groups in total. The van der Waals surface area contributed by atoms with Crippen LogP contribution in [-0.4, -0.2) is 15.3 Å². The summed E-state index contributed by atoms with van der Waals surface area (Å²) >= 11 is 4.71. The van der Waals surface area contributed by atoms with Crippen LogP contribution in [0.3, 0.4) is 0 Å². The summed E-state index contributed by atoms with van der Waals surface area (Å²) in [6.07, 6.45) is 0. The van der Waals surface area contributed by atoms with Crippen molar-refractivity contribution in [2.75, 3.05) is 5.75 Å². The number of hydrogen-bond acceptors (Lipinski definition) is 3. The van der Waals surface area contributed by atoms with E-state index in [2.05, 4.69) is 20.9 Å². The molecule has 3 nitrogen and oxygen atoms in total. The summed E-state index contributed by atoms with van der Waals surface area (Å²) in [5.41, 5.74) is 0.275. The molecule has 0 aliphatic heterocycles. The van der Waals surface area contributed by atoms with Gasteiger partial charge in [0.2, 0.25) is 0 Å². The third-order valence-electron chi connectivity index (χ3n) is 2.33. The van der Waals surface area contributed by atoms with Crippen molar-refractivity contribution in [1.82, 2.24) is 9.55 Å². The highest BCUT2D eigenvalue weighted by Crippen LogP contribution is 2.24. The fraction of sp³-hybridized carbons (Fsp3) is 0.273. The first-order valence-electron chi connectivity index (χ1n) is 5.03. The number of rotatable bonds is 2. The lowest BCUT2D eigenvalue weighted by Gasteiger charge is -2.08. The zero-order valence-electron chi connectivity index (χ0n) is 9.33. The van der Waals surface area contributed by atoms with Gasteiger partial charge in [0.1, 0.15) is 5.82 Å². The SMILES string of the molecule is CCSc1nc2c(Br)cc(F)cc2c(=O)n1C. The van der Waals surface area contributed by atoms with Gasteiger partial charge in [0.25, 0.3) is 5.56 Å². The van der Waals surface area contributed by atoms with E-state index >= 15 is 0 Å². The standard InChI is InChI=1S/C11H10BrFN2OS/c1-3-17-11-14-9-7(10(16)15(11)2)4-6(13)5-8(9)12/h4-5H,3H2,1-2H3. The van der Waals surface area contributed by atoms with E-state index in [9.17, 15) is 9.18 Å². The molecule has 0 fully saturated rings. The maximum absolute atomic E-state index is 13.2. The normalized spacial score (nSPS) is 11.1. The number of thioether (sulfide) groups is 1. The molecule has 0 spiro atoms. The zero-order valence-corrected chi connectivity index (χ0v) is 11.7. The molecule has 0 unspecified atom stereocenters. The molecule has 0 saturated heterocycles. The molecule has 90 valence electrons. The van der Waals surface area contributed by atoms with Crippen LogP contribution >= 0.6 is 27.7 Å². The minimum absolute atomic E-state index is 0.230. The molecule has 1 aromatic heterocycles. The summed E-state index contributed by atoms with van der Waals surface area (Å²) in [6.45, 7) is 1.99. The van der Waals surface area contributed by atoms with E-state index in [4.69, 9.17) is 0 Å². The molecule has 0 saturated carbocycles. The molecule has 0 aliphatic carbocycles. The van der Waals surface area contributed by atoms with Gasteiger partial charge in [0, 0.05) is 11.5 Å². The van der Waals surface area contributed by atoms with Gasteiger partial charge < -0.3 is 0 Å². The predicted octanol–water partition coefficient (Wildman–Crippen LogP) is 2.95. The first kappa shape index (κ1) is 12.6. The van der Waals surface area contributed by atoms with Crippen LogP contribution in [0, 0.1) is 5.82 Å². The van der Waals surface area contributed by atoms with Gasteiger partial charge in [-0.2, -0.15) is 0 Å². The second kappa shape index (κ2) is 4.78. The number of halogens is 2. The van der Waals surface area contributed by atoms with E-state index in [1.807, 2.05) is 6.92 Å². The summed E-state index contributed by atoms with van der Waals surface area (Å²) in [5.74, 6) is 0.379. The molecule has 2 aromatic rings. The van der Waals surface area contributed by atoms with E-state index < -0.39 is 5.82 Å². The molecule has 0 radical (unpaired) electrons. The Labute approximate surface area is 110 Å². The third kappa shape index (κ3) is 2.24. The summed E-state index contributed by atoms with van der Waals surface area (Å²) in [7, 11) is 1.64. The van der Waals surface area contributed by atoms with Crippen molar-refractivity contribution >= 4 is 38.6 Å². The predicted molar refractivity (Wildman–Crippen MR) is 71.0 cm³/mol. The maximum atomic E-state index is 13.2. The van der Waals surface area contributed by atoms with Gasteiger partial charge in [0.05, 0.1) is 10.9 Å². The molecule has 0 atom stereocenters. The molecular formula is C11H10BrFN2OS. The average molecular weight is 317 g/mol. The quantitative estimate of drug-likeness (QED) is 0.631. The summed E-state index contributed by atoms with van der Waals surface area (Å²) in [4.78, 5) is 16.4. The lowest BCUT2D eigenvalue weighted by atomic mass is 10.2. The van der Waals surface area contributed by atoms with Crippen molar-refractivity contribution in [2.45, 2.75) is 12.1 Å². The van der Waals surface area contributed by atoms with E-state index in [0.717, 1.165) is 5.75 Å². The van der Waals surface area contributed by atoms with Crippen molar-refractivity contribution in [3.8, 4) is 0 Å². The number of hydrogen-bond donors (Lipinski definition) is 0. The molecular weight excluding hydrogens is 307 g/mol. The molecule has 6 heteroatoms. The van der Waals surface area contributed by atoms with Crippen LogP contribution in [0.1, 0.15) is 6.92 Å². The van der Waals surface area contributed by atoms with Crippen LogP contribution in [0.5, 0.6) is 0 Å². The third-order valence-corrected chi connectivity index (χ3v) is 3.85. The Balaban J connectivity index is 2.86. The van der Waals surface area contributed by atoms with Crippen LogP contribution in [-0.2, 0) is 7.05 Å². The Morgan fingerprint density at radius 3 is 2.88 bits per heavy atom. The van der Waals surface area contributed by atoms with E-state index in [0.29, 0.717) is 20.5 Å². The Morgan fingerprint density at radius 2 is 2.24 bits per heavy atom. The van der Waals surface area contributed by atoms with Crippen molar-refractivity contribution < 1.29 is 4.39 Å². The van der Waals surface area contributed by atoms with Gasteiger partial charge in [-0.05, 0) is 33.8 Å². The van der Waals surface area contributed by atoms with Gasteiger partial charge in [0.15, 0.2) is 5.16 Å². The Hall–Kier alpha value is -0.880. The first-order chi connectivity index (χ1) is 8.04. The lowest BCUT2D eigenvalue weighted by molar-refractivity contribution is 0.627. The minimum Gasteiger partial charge on any atom is -0.290 e. The van der Waals surface area contributed by atoms with E-state index in [-0.39, 0.29) is 5.56 Å². The average Bonchev–Trinajstić information content (AvgIpc) is 2.27. The van der Waals surface area contributed by atoms with Crippen LogP contribution in [0.25, 0.3) is 10.9 Å². The molecule has 0 amide bonds. The van der Waals surface area contributed by atoms with Crippen molar-refractivity contribution in [3.05, 3.63) is 32.8 Å². The van der Waals surface area contributed by atoms with Gasteiger partial charge in [-0.3, -0.25) is 9.36 Å². The summed E-state index contributed by atoms with van der Waals surface area (Å²) in [6, 6.07) is 2.53. The van der Waals surface area contributed by atoms with Gasteiger partial charge in [-0.15, -0.1) is 0 Å². The minimum atomic E-state index is -0.445. The molecule has 17 heavy (non-hydrogen) atoms. The van der Waals surface area contributed by atoms with Crippen LogP contribution in [0.2, 0.25) is 0 Å². The monoisotopic (exact) mass is 316 g/mol. The second-order valence-electron chi connectivity index (χ2n) is 3.48. The highest BCUT2D eigenvalue weighted by Gasteiger charge is 2.11. The molecule has 1 aromatic carbocycles. The topological polar surface area (TPSA) is 34.9 Å². The maximum Gasteiger partial charge on any atom is 0.261 e. The van der Waals surface area contributed by atoms with Crippen LogP contribution in [0.4, 0.5) is 4.39 Å². The van der Waals surface area contributed by atoms with Crippen molar-refractivity contribution in [2.24, 2.45) is 7.05 Å².